The third-order valence-electron chi connectivity index (χ3n) is 3.62. The number of furan rings is 1. The standard InChI is InChI=1S/C18H22BrNO4/c1-2-23-16(21)10-5-3-4-6-11-20-18(22)15-12-13-8-7-9-14(19)17(13)24-15/h7-9,12H,2-6,10-11H2,1H3,(H,20,22). The Morgan fingerprint density at radius 1 is 1.21 bits per heavy atom. The number of halogens is 1. The topological polar surface area (TPSA) is 68.5 Å². The molecule has 0 radical (unpaired) electrons. The maximum absolute atomic E-state index is 12.1. The van der Waals surface area contributed by atoms with Gasteiger partial charge in [0, 0.05) is 18.4 Å². The number of amides is 1. The first kappa shape index (κ1) is 18.5. The van der Waals surface area contributed by atoms with Crippen LogP contribution in [0, 0.1) is 0 Å². The molecule has 1 aromatic heterocycles. The van der Waals surface area contributed by atoms with Gasteiger partial charge in [-0.25, -0.2) is 0 Å². The fourth-order valence-electron chi connectivity index (χ4n) is 2.41. The number of carbonyl (C=O) groups is 2. The molecule has 130 valence electrons. The molecule has 0 fully saturated rings. The van der Waals surface area contributed by atoms with Crippen LogP contribution in [0.1, 0.15) is 49.6 Å². The molecule has 6 heteroatoms. The highest BCUT2D eigenvalue weighted by molar-refractivity contribution is 9.10. The zero-order chi connectivity index (χ0) is 17.4. The number of unbranched alkanes of at least 4 members (excludes halogenated alkanes) is 3. The minimum atomic E-state index is -0.204. The molecule has 24 heavy (non-hydrogen) atoms. The number of carbonyl (C=O) groups excluding carboxylic acids is 2. The van der Waals surface area contributed by atoms with Gasteiger partial charge >= 0.3 is 5.97 Å². The van der Waals surface area contributed by atoms with Crippen LogP contribution in [-0.2, 0) is 9.53 Å². The number of hydrogen-bond acceptors (Lipinski definition) is 4. The molecule has 0 aliphatic carbocycles. The molecule has 0 saturated carbocycles. The van der Waals surface area contributed by atoms with Crippen molar-refractivity contribution in [3.63, 3.8) is 0 Å². The van der Waals surface area contributed by atoms with E-state index < -0.39 is 0 Å². The molecule has 0 saturated heterocycles. The van der Waals surface area contributed by atoms with E-state index in [9.17, 15) is 9.59 Å². The second-order valence-corrected chi connectivity index (χ2v) is 6.35. The van der Waals surface area contributed by atoms with Crippen LogP contribution in [0.15, 0.2) is 33.2 Å². The summed E-state index contributed by atoms with van der Waals surface area (Å²) >= 11 is 3.41. The summed E-state index contributed by atoms with van der Waals surface area (Å²) in [6.07, 6.45) is 4.08. The fraction of sp³-hybridized carbons (Fsp3) is 0.444. The van der Waals surface area contributed by atoms with Gasteiger partial charge in [0.05, 0.1) is 11.1 Å². The van der Waals surface area contributed by atoms with E-state index in [0.29, 0.717) is 30.9 Å². The van der Waals surface area contributed by atoms with Gasteiger partial charge in [-0.15, -0.1) is 0 Å². The molecule has 0 aliphatic heterocycles. The van der Waals surface area contributed by atoms with E-state index in [1.54, 1.807) is 13.0 Å². The highest BCUT2D eigenvalue weighted by atomic mass is 79.9. The lowest BCUT2D eigenvalue weighted by Gasteiger charge is -2.04. The monoisotopic (exact) mass is 395 g/mol. The van der Waals surface area contributed by atoms with Crippen LogP contribution < -0.4 is 5.32 Å². The highest BCUT2D eigenvalue weighted by Crippen LogP contribution is 2.26. The molecule has 1 aromatic carbocycles. The lowest BCUT2D eigenvalue weighted by Crippen LogP contribution is -2.23. The number of fused-ring (bicyclic) bond motifs is 1. The summed E-state index contributed by atoms with van der Waals surface area (Å²) in [4.78, 5) is 23.3. The summed E-state index contributed by atoms with van der Waals surface area (Å²) < 4.78 is 11.3. The fourth-order valence-corrected chi connectivity index (χ4v) is 2.87. The molecule has 2 aromatic rings. The molecule has 1 heterocycles. The summed E-state index contributed by atoms with van der Waals surface area (Å²) in [6.45, 7) is 2.83. The van der Waals surface area contributed by atoms with Gasteiger partial charge in [0.2, 0.25) is 0 Å². The van der Waals surface area contributed by atoms with Crippen LogP contribution in [0.2, 0.25) is 0 Å². The summed E-state index contributed by atoms with van der Waals surface area (Å²) in [5.74, 6) is -0.0225. The lowest BCUT2D eigenvalue weighted by molar-refractivity contribution is -0.143. The maximum atomic E-state index is 12.1. The van der Waals surface area contributed by atoms with Gasteiger partial charge in [0.25, 0.3) is 5.91 Å². The van der Waals surface area contributed by atoms with E-state index in [1.807, 2.05) is 18.2 Å². The first-order valence-corrected chi connectivity index (χ1v) is 9.03. The molecule has 0 bridgehead atoms. The molecule has 0 atom stereocenters. The summed E-state index contributed by atoms with van der Waals surface area (Å²) in [6, 6.07) is 7.43. The zero-order valence-electron chi connectivity index (χ0n) is 13.8. The predicted octanol–water partition coefficient (Wildman–Crippen LogP) is 4.44. The van der Waals surface area contributed by atoms with Crippen molar-refractivity contribution in [2.24, 2.45) is 0 Å². The third-order valence-corrected chi connectivity index (χ3v) is 4.24. The predicted molar refractivity (Wildman–Crippen MR) is 96.0 cm³/mol. The van der Waals surface area contributed by atoms with E-state index in [-0.39, 0.29) is 11.9 Å². The molecular formula is C18H22BrNO4. The number of para-hydroxylation sites is 1. The van der Waals surface area contributed by atoms with Crippen molar-refractivity contribution in [2.75, 3.05) is 13.2 Å². The van der Waals surface area contributed by atoms with Gasteiger partial charge in [-0.1, -0.05) is 25.0 Å². The number of nitrogens with one attached hydrogen (secondary N) is 1. The quantitative estimate of drug-likeness (QED) is 0.503. The average molecular weight is 396 g/mol. The molecule has 1 N–H and O–H groups in total. The Bertz CT molecular complexity index is 695. The first-order chi connectivity index (χ1) is 11.6. The van der Waals surface area contributed by atoms with E-state index in [4.69, 9.17) is 9.15 Å². The van der Waals surface area contributed by atoms with Crippen LogP contribution in [0.4, 0.5) is 0 Å². The Kier molecular flexibility index (Phi) is 7.31. The molecular weight excluding hydrogens is 374 g/mol. The zero-order valence-corrected chi connectivity index (χ0v) is 15.4. The molecule has 0 aliphatic rings. The Balaban J connectivity index is 1.66. The van der Waals surface area contributed by atoms with Gasteiger partial charge < -0.3 is 14.5 Å². The summed E-state index contributed by atoms with van der Waals surface area (Å²) in [5, 5.41) is 3.76. The first-order valence-electron chi connectivity index (χ1n) is 8.23. The second kappa shape index (κ2) is 9.47. The van der Waals surface area contributed by atoms with E-state index >= 15 is 0 Å². The molecule has 1 amide bonds. The Morgan fingerprint density at radius 3 is 2.75 bits per heavy atom. The van der Waals surface area contributed by atoms with Crippen molar-refractivity contribution in [3.05, 3.63) is 34.5 Å². The Morgan fingerprint density at radius 2 is 2.00 bits per heavy atom. The van der Waals surface area contributed by atoms with E-state index in [2.05, 4.69) is 21.2 Å². The Hall–Kier alpha value is -1.82. The summed E-state index contributed by atoms with van der Waals surface area (Å²) in [5.41, 5.74) is 0.682. The molecule has 0 unspecified atom stereocenters. The van der Waals surface area contributed by atoms with Gasteiger partial charge in [-0.3, -0.25) is 9.59 Å². The average Bonchev–Trinajstić information content (AvgIpc) is 3.00. The van der Waals surface area contributed by atoms with Crippen molar-refractivity contribution in [3.8, 4) is 0 Å². The minimum absolute atomic E-state index is 0.137. The van der Waals surface area contributed by atoms with Gasteiger partial charge in [-0.2, -0.15) is 0 Å². The van der Waals surface area contributed by atoms with Crippen LogP contribution >= 0.6 is 15.9 Å². The van der Waals surface area contributed by atoms with Gasteiger partial charge in [0.1, 0.15) is 5.58 Å². The second-order valence-electron chi connectivity index (χ2n) is 5.49. The normalized spacial score (nSPS) is 10.8. The smallest absolute Gasteiger partial charge is 0.305 e. The van der Waals surface area contributed by atoms with Crippen LogP contribution in [0.3, 0.4) is 0 Å². The molecule has 5 nitrogen and oxygen atoms in total. The SMILES string of the molecule is CCOC(=O)CCCCCCNC(=O)c1cc2cccc(Br)c2o1. The number of benzene rings is 1. The number of rotatable bonds is 9. The lowest BCUT2D eigenvalue weighted by atomic mass is 10.1. The number of hydrogen-bond donors (Lipinski definition) is 1. The van der Waals surface area contributed by atoms with Gasteiger partial charge in [-0.05, 0) is 47.8 Å². The van der Waals surface area contributed by atoms with Crippen molar-refractivity contribution >= 4 is 38.8 Å². The van der Waals surface area contributed by atoms with Crippen molar-refractivity contribution in [2.45, 2.75) is 39.0 Å². The number of esters is 1. The largest absolute Gasteiger partial charge is 0.466 e. The van der Waals surface area contributed by atoms with Crippen LogP contribution in [0.25, 0.3) is 11.0 Å². The highest BCUT2D eigenvalue weighted by Gasteiger charge is 2.13. The van der Waals surface area contributed by atoms with Crippen LogP contribution in [-0.4, -0.2) is 25.0 Å². The Labute approximate surface area is 149 Å². The third kappa shape index (κ3) is 5.37. The number of ether oxygens (including phenoxy) is 1. The molecule has 2 rings (SSSR count). The van der Waals surface area contributed by atoms with Crippen molar-refractivity contribution in [1.82, 2.24) is 5.32 Å². The van der Waals surface area contributed by atoms with E-state index in [0.717, 1.165) is 35.5 Å². The van der Waals surface area contributed by atoms with E-state index in [1.165, 1.54) is 0 Å². The van der Waals surface area contributed by atoms with Gasteiger partial charge in [0.15, 0.2) is 5.76 Å². The molecule has 0 spiro atoms. The summed E-state index contributed by atoms with van der Waals surface area (Å²) in [7, 11) is 0. The minimum Gasteiger partial charge on any atom is -0.466 e. The maximum Gasteiger partial charge on any atom is 0.305 e. The van der Waals surface area contributed by atoms with Crippen LogP contribution in [0.5, 0.6) is 0 Å². The van der Waals surface area contributed by atoms with Crippen molar-refractivity contribution < 1.29 is 18.7 Å². The van der Waals surface area contributed by atoms with Crippen molar-refractivity contribution in [1.29, 1.82) is 0 Å².